The first-order valence-corrected chi connectivity index (χ1v) is 14.7. The molecule has 3 aliphatic carbocycles. The summed E-state index contributed by atoms with van der Waals surface area (Å²) in [5, 5.41) is 22.1. The van der Waals surface area contributed by atoms with Gasteiger partial charge >= 0.3 is 13.1 Å². The summed E-state index contributed by atoms with van der Waals surface area (Å²) in [6.07, 6.45) is 3.27. The minimum absolute atomic E-state index is 0.0982. The van der Waals surface area contributed by atoms with Crippen molar-refractivity contribution in [2.75, 3.05) is 13.2 Å². The predicted octanol–water partition coefficient (Wildman–Crippen LogP) is 3.34. The van der Waals surface area contributed by atoms with Crippen LogP contribution in [-0.4, -0.2) is 54.4 Å². The van der Waals surface area contributed by atoms with Gasteiger partial charge in [-0.2, -0.15) is 0 Å². The standard InChI is InChI=1S/C30H41BClNO7/c1-6-28(4)13-22(29(5)16(2)9-11-30(17(3)27(28)36)12-10-19(34)26(29)30)39-23(35)15-38-20-8-7-18-21(14-33)40-31(37)24(18)25(20)32/h6-8,16-17,21-22,26-27,36-37H,1,9-15,33H2,2-5H3/t16-,17-,21?,22+,26-,27-,28+,29-,30-/m0/s1. The number of Topliss-reactive ketones (excluding diaryl/α,β-unsaturated/α-hetero) is 1. The molecule has 3 fully saturated rings. The number of rotatable bonds is 6. The van der Waals surface area contributed by atoms with Gasteiger partial charge in [0.1, 0.15) is 17.6 Å². The zero-order chi connectivity index (χ0) is 29.2. The van der Waals surface area contributed by atoms with Crippen LogP contribution >= 0.6 is 11.6 Å². The lowest BCUT2D eigenvalue weighted by Gasteiger charge is -2.61. The SMILES string of the molecule is C=C[C@]1(C)C[C@@H](OC(=O)COc2ccc3c(c2Cl)B(O)OC3CN)[C@@]2(C)[C@@H]3C(=O)CC[C@@]3(CC[C@@H]2C)[C@@H](C)[C@@H]1O. The number of ether oxygens (including phenoxy) is 2. The van der Waals surface area contributed by atoms with Crippen LogP contribution in [0.15, 0.2) is 24.8 Å². The summed E-state index contributed by atoms with van der Waals surface area (Å²) in [4.78, 5) is 26.9. The zero-order valence-electron chi connectivity index (χ0n) is 23.8. The Labute approximate surface area is 241 Å². The van der Waals surface area contributed by atoms with Gasteiger partial charge in [0.05, 0.1) is 17.2 Å². The number of ketones is 1. The third-order valence-electron chi connectivity index (χ3n) is 11.2. The van der Waals surface area contributed by atoms with E-state index in [4.69, 9.17) is 31.5 Å². The lowest BCUT2D eigenvalue weighted by Crippen LogP contribution is -2.63. The number of halogens is 1. The highest BCUT2D eigenvalue weighted by Gasteiger charge is 2.68. The predicted molar refractivity (Wildman–Crippen MR) is 152 cm³/mol. The summed E-state index contributed by atoms with van der Waals surface area (Å²) in [5.41, 5.74) is 5.14. The molecule has 3 saturated carbocycles. The first kappa shape index (κ1) is 29.6. The van der Waals surface area contributed by atoms with Gasteiger partial charge in [0.15, 0.2) is 6.61 Å². The van der Waals surface area contributed by atoms with Crippen molar-refractivity contribution >= 4 is 35.9 Å². The molecule has 8 nitrogen and oxygen atoms in total. The van der Waals surface area contributed by atoms with Gasteiger partial charge in [0.2, 0.25) is 0 Å². The van der Waals surface area contributed by atoms with E-state index in [9.17, 15) is 19.7 Å². The topological polar surface area (TPSA) is 128 Å². The Kier molecular flexibility index (Phi) is 7.71. The smallest absolute Gasteiger partial charge is 0.480 e. The minimum Gasteiger partial charge on any atom is -0.480 e. The third-order valence-corrected chi connectivity index (χ3v) is 11.6. The average molecular weight is 574 g/mol. The van der Waals surface area contributed by atoms with Crippen LogP contribution < -0.4 is 15.9 Å². The van der Waals surface area contributed by atoms with Crippen molar-refractivity contribution in [3.8, 4) is 5.75 Å². The lowest BCUT2D eigenvalue weighted by atomic mass is 9.44. The summed E-state index contributed by atoms with van der Waals surface area (Å²) >= 11 is 6.52. The highest BCUT2D eigenvalue weighted by molar-refractivity contribution is 6.65. The molecule has 9 atom stereocenters. The summed E-state index contributed by atoms with van der Waals surface area (Å²) in [5.74, 6) is -0.441. The summed E-state index contributed by atoms with van der Waals surface area (Å²) in [6.45, 7) is 12.1. The summed E-state index contributed by atoms with van der Waals surface area (Å²) in [7, 11) is -1.23. The molecular weight excluding hydrogens is 533 g/mol. The minimum atomic E-state index is -1.23. The van der Waals surface area contributed by atoms with Gasteiger partial charge in [-0.1, -0.05) is 51.4 Å². The number of esters is 1. The van der Waals surface area contributed by atoms with Crippen LogP contribution in [0.5, 0.6) is 5.75 Å². The van der Waals surface area contributed by atoms with E-state index < -0.39 is 48.8 Å². The second-order valence-corrected chi connectivity index (χ2v) is 13.3. The molecule has 1 unspecified atom stereocenters. The monoisotopic (exact) mass is 573 g/mol. The number of aliphatic hydroxyl groups is 1. The highest BCUT2D eigenvalue weighted by atomic mass is 35.5. The quantitative estimate of drug-likeness (QED) is 0.269. The fraction of sp³-hybridized carbons (Fsp3) is 0.667. The van der Waals surface area contributed by atoms with Crippen molar-refractivity contribution in [1.29, 1.82) is 0 Å². The van der Waals surface area contributed by atoms with Gasteiger partial charge in [-0.3, -0.25) is 4.79 Å². The molecule has 4 N–H and O–H groups in total. The van der Waals surface area contributed by atoms with Gasteiger partial charge in [-0.25, -0.2) is 4.79 Å². The van der Waals surface area contributed by atoms with E-state index in [1.54, 1.807) is 18.2 Å². The number of nitrogens with two attached hydrogens (primary N) is 1. The molecule has 218 valence electrons. The Morgan fingerprint density at radius 3 is 2.73 bits per heavy atom. The van der Waals surface area contributed by atoms with Crippen LogP contribution in [0.1, 0.15) is 71.5 Å². The van der Waals surface area contributed by atoms with Gasteiger partial charge in [0, 0.05) is 35.2 Å². The average Bonchev–Trinajstić information content (AvgIpc) is 3.46. The Balaban J connectivity index is 1.43. The molecule has 2 bridgehead atoms. The molecule has 1 aromatic carbocycles. The number of carbonyl (C=O) groups excluding carboxylic acids is 2. The third kappa shape index (κ3) is 4.27. The van der Waals surface area contributed by atoms with E-state index in [-0.39, 0.29) is 46.3 Å². The number of fused-ring (bicyclic) bond motifs is 1. The molecular formula is C30H41BClNO7. The molecule has 5 rings (SSSR count). The van der Waals surface area contributed by atoms with Crippen molar-refractivity contribution in [2.24, 2.45) is 39.7 Å². The lowest BCUT2D eigenvalue weighted by molar-refractivity contribution is -0.207. The van der Waals surface area contributed by atoms with Crippen LogP contribution in [0, 0.1) is 34.0 Å². The van der Waals surface area contributed by atoms with Gasteiger partial charge in [-0.05, 0) is 54.6 Å². The van der Waals surface area contributed by atoms with Crippen LogP contribution in [0.4, 0.5) is 0 Å². The van der Waals surface area contributed by atoms with Gasteiger partial charge < -0.3 is 30.0 Å². The number of benzene rings is 1. The first-order chi connectivity index (χ1) is 18.8. The molecule has 0 radical (unpaired) electrons. The largest absolute Gasteiger partial charge is 0.493 e. The van der Waals surface area contributed by atoms with Crippen molar-refractivity contribution in [1.82, 2.24) is 0 Å². The number of aliphatic hydroxyl groups excluding tert-OH is 1. The number of carbonyl (C=O) groups is 2. The maximum Gasteiger partial charge on any atom is 0.493 e. The van der Waals surface area contributed by atoms with E-state index in [0.717, 1.165) is 19.3 Å². The Hall–Kier alpha value is -1.91. The van der Waals surface area contributed by atoms with E-state index >= 15 is 0 Å². The number of hydrogen-bond donors (Lipinski definition) is 3. The Bertz CT molecular complexity index is 1210. The summed E-state index contributed by atoms with van der Waals surface area (Å²) in [6, 6.07) is 3.34. The number of hydrogen-bond acceptors (Lipinski definition) is 8. The molecule has 10 heteroatoms. The van der Waals surface area contributed by atoms with E-state index in [0.29, 0.717) is 23.9 Å². The molecule has 1 aliphatic heterocycles. The molecule has 0 spiro atoms. The van der Waals surface area contributed by atoms with Crippen molar-refractivity contribution < 1.29 is 33.8 Å². The molecule has 0 saturated heterocycles. The molecule has 1 aromatic rings. The van der Waals surface area contributed by atoms with Crippen molar-refractivity contribution in [2.45, 2.75) is 78.1 Å². The maximum atomic E-state index is 13.5. The second kappa shape index (κ2) is 10.4. The van der Waals surface area contributed by atoms with Crippen LogP contribution in [0.25, 0.3) is 0 Å². The van der Waals surface area contributed by atoms with Crippen LogP contribution in [0.3, 0.4) is 0 Å². The second-order valence-electron chi connectivity index (χ2n) is 12.9. The van der Waals surface area contributed by atoms with Crippen molar-refractivity contribution in [3.05, 3.63) is 35.4 Å². The van der Waals surface area contributed by atoms with Gasteiger partial charge in [0.25, 0.3) is 0 Å². The molecule has 40 heavy (non-hydrogen) atoms. The van der Waals surface area contributed by atoms with E-state index in [2.05, 4.69) is 27.4 Å². The summed E-state index contributed by atoms with van der Waals surface area (Å²) < 4.78 is 17.5. The van der Waals surface area contributed by atoms with Gasteiger partial charge in [-0.15, -0.1) is 6.58 Å². The maximum absolute atomic E-state index is 13.5. The fourth-order valence-electron chi connectivity index (χ4n) is 8.54. The van der Waals surface area contributed by atoms with E-state index in [1.165, 1.54) is 0 Å². The highest BCUT2D eigenvalue weighted by Crippen LogP contribution is 2.68. The van der Waals surface area contributed by atoms with Crippen molar-refractivity contribution in [3.63, 3.8) is 0 Å². The Morgan fingerprint density at radius 2 is 2.05 bits per heavy atom. The molecule has 0 amide bonds. The fourth-order valence-corrected chi connectivity index (χ4v) is 8.86. The Morgan fingerprint density at radius 1 is 1.32 bits per heavy atom. The zero-order valence-corrected chi connectivity index (χ0v) is 24.6. The molecule has 4 aliphatic rings. The van der Waals surface area contributed by atoms with E-state index in [1.807, 2.05) is 6.92 Å². The molecule has 1 heterocycles. The first-order valence-electron chi connectivity index (χ1n) is 14.4. The molecule has 0 aromatic heterocycles. The van der Waals surface area contributed by atoms with Crippen LogP contribution in [-0.2, 0) is 19.0 Å². The normalized spacial score (nSPS) is 40.6. The van der Waals surface area contributed by atoms with Crippen LogP contribution in [0.2, 0.25) is 5.02 Å².